The largest absolute Gasteiger partial charge is 0.479 e. The van der Waals surface area contributed by atoms with Gasteiger partial charge < -0.3 is 20.3 Å². The molecule has 31 heavy (non-hydrogen) atoms. The van der Waals surface area contributed by atoms with Gasteiger partial charge in [-0.05, 0) is 49.9 Å². The maximum atomic E-state index is 13.1. The van der Waals surface area contributed by atoms with E-state index in [1.165, 1.54) is 12.1 Å². The van der Waals surface area contributed by atoms with Crippen molar-refractivity contribution in [3.05, 3.63) is 52.1 Å². The second kappa shape index (κ2) is 8.25. The molecule has 0 spiro atoms. The van der Waals surface area contributed by atoms with Gasteiger partial charge in [-0.25, -0.2) is 0 Å². The van der Waals surface area contributed by atoms with Gasteiger partial charge >= 0.3 is 0 Å². The van der Waals surface area contributed by atoms with Crippen LogP contribution >= 0.6 is 0 Å². The zero-order chi connectivity index (χ0) is 22.1. The minimum Gasteiger partial charge on any atom is -0.479 e. The Morgan fingerprint density at radius 1 is 1.19 bits per heavy atom. The number of hydrogen-bond donors (Lipinski definition) is 2. The smallest absolute Gasteiger partial charge is 0.270 e. The molecule has 1 unspecified atom stereocenters. The summed E-state index contributed by atoms with van der Waals surface area (Å²) in [6.07, 6.45) is 1.41. The molecular weight excluding hydrogens is 400 g/mol. The summed E-state index contributed by atoms with van der Waals surface area (Å²) in [5.74, 6) is 0.413. The standard InChI is InChI=1S/C22H24N4O5/c1-13-7-9-25(10-8-13)19-5-4-16(26(29)30)12-17(19)22(28)23-15-3-6-20-18(11-15)24-21(27)14(2)31-20/h3-6,11-14H,7-10H2,1-2H3,(H,23,28)(H,24,27). The summed E-state index contributed by atoms with van der Waals surface area (Å²) < 4.78 is 5.53. The Morgan fingerprint density at radius 3 is 2.65 bits per heavy atom. The van der Waals surface area contributed by atoms with E-state index in [9.17, 15) is 19.7 Å². The van der Waals surface area contributed by atoms with Crippen LogP contribution in [0.3, 0.4) is 0 Å². The predicted octanol–water partition coefficient (Wildman–Crippen LogP) is 3.80. The topological polar surface area (TPSA) is 114 Å². The van der Waals surface area contributed by atoms with Crippen molar-refractivity contribution < 1.29 is 19.2 Å². The fourth-order valence-corrected chi connectivity index (χ4v) is 3.83. The van der Waals surface area contributed by atoms with Gasteiger partial charge in [0.2, 0.25) is 0 Å². The number of rotatable bonds is 4. The summed E-state index contributed by atoms with van der Waals surface area (Å²) >= 11 is 0. The van der Waals surface area contributed by atoms with Crippen LogP contribution in [0.2, 0.25) is 0 Å². The minimum atomic E-state index is -0.590. The molecule has 0 bridgehead atoms. The zero-order valence-electron chi connectivity index (χ0n) is 17.4. The van der Waals surface area contributed by atoms with E-state index in [1.54, 1.807) is 31.2 Å². The number of hydrogen-bond acceptors (Lipinski definition) is 6. The number of carbonyl (C=O) groups is 2. The third kappa shape index (κ3) is 4.30. The highest BCUT2D eigenvalue weighted by atomic mass is 16.6. The summed E-state index contributed by atoms with van der Waals surface area (Å²) in [5.41, 5.74) is 1.70. The number of nitro benzene ring substituents is 1. The van der Waals surface area contributed by atoms with Gasteiger partial charge in [0.15, 0.2) is 6.10 Å². The maximum absolute atomic E-state index is 13.1. The molecule has 4 rings (SSSR count). The van der Waals surface area contributed by atoms with E-state index in [4.69, 9.17) is 4.74 Å². The van der Waals surface area contributed by atoms with Crippen LogP contribution in [0, 0.1) is 16.0 Å². The number of carbonyl (C=O) groups excluding carboxylic acids is 2. The Balaban J connectivity index is 1.61. The highest BCUT2D eigenvalue weighted by Gasteiger charge is 2.26. The SMILES string of the molecule is CC1CCN(c2ccc([N+](=O)[O-])cc2C(=O)Nc2ccc3c(c2)NC(=O)C(C)O3)CC1. The van der Waals surface area contributed by atoms with Crippen molar-refractivity contribution in [2.75, 3.05) is 28.6 Å². The second-order valence-corrected chi connectivity index (χ2v) is 8.04. The monoisotopic (exact) mass is 424 g/mol. The number of fused-ring (bicyclic) bond motifs is 1. The molecule has 2 N–H and O–H groups in total. The summed E-state index contributed by atoms with van der Waals surface area (Å²) in [6, 6.07) is 9.33. The first-order chi connectivity index (χ1) is 14.8. The Hall–Kier alpha value is -3.62. The number of anilines is 3. The maximum Gasteiger partial charge on any atom is 0.270 e. The molecule has 2 aliphatic heterocycles. The molecular formula is C22H24N4O5. The van der Waals surface area contributed by atoms with E-state index in [0.717, 1.165) is 25.9 Å². The predicted molar refractivity (Wildman–Crippen MR) is 117 cm³/mol. The first-order valence-corrected chi connectivity index (χ1v) is 10.3. The fraction of sp³-hybridized carbons (Fsp3) is 0.364. The van der Waals surface area contributed by atoms with Crippen LogP contribution in [0.25, 0.3) is 0 Å². The van der Waals surface area contributed by atoms with Crippen LogP contribution in [0.1, 0.15) is 37.0 Å². The Bertz CT molecular complexity index is 1050. The second-order valence-electron chi connectivity index (χ2n) is 8.04. The quantitative estimate of drug-likeness (QED) is 0.570. The summed E-state index contributed by atoms with van der Waals surface area (Å²) in [6.45, 7) is 5.43. The number of nitrogens with one attached hydrogen (secondary N) is 2. The zero-order valence-corrected chi connectivity index (χ0v) is 17.4. The lowest BCUT2D eigenvalue weighted by atomic mass is 9.98. The lowest BCUT2D eigenvalue weighted by Gasteiger charge is -2.33. The number of ether oxygens (including phenoxy) is 1. The molecule has 2 heterocycles. The third-order valence-electron chi connectivity index (χ3n) is 5.73. The van der Waals surface area contributed by atoms with Crippen molar-refractivity contribution in [1.82, 2.24) is 0 Å². The molecule has 162 valence electrons. The van der Waals surface area contributed by atoms with Crippen molar-refractivity contribution in [3.8, 4) is 5.75 Å². The molecule has 2 amide bonds. The van der Waals surface area contributed by atoms with E-state index >= 15 is 0 Å². The minimum absolute atomic E-state index is 0.139. The normalized spacial score (nSPS) is 18.6. The number of benzene rings is 2. The summed E-state index contributed by atoms with van der Waals surface area (Å²) in [5, 5.41) is 16.8. The van der Waals surface area contributed by atoms with Crippen molar-refractivity contribution in [2.45, 2.75) is 32.8 Å². The number of amides is 2. The number of piperidine rings is 1. The molecule has 2 aromatic carbocycles. The molecule has 2 aromatic rings. The molecule has 0 saturated carbocycles. The number of nitrogens with zero attached hydrogens (tertiary/aromatic N) is 2. The van der Waals surface area contributed by atoms with Crippen LogP contribution < -0.4 is 20.3 Å². The summed E-state index contributed by atoms with van der Waals surface area (Å²) in [4.78, 5) is 37.9. The van der Waals surface area contributed by atoms with E-state index in [0.29, 0.717) is 28.7 Å². The average Bonchev–Trinajstić information content (AvgIpc) is 2.75. The third-order valence-corrected chi connectivity index (χ3v) is 5.73. The lowest BCUT2D eigenvalue weighted by Crippen LogP contribution is -2.34. The average molecular weight is 424 g/mol. The molecule has 1 atom stereocenters. The molecule has 9 heteroatoms. The van der Waals surface area contributed by atoms with Gasteiger partial charge in [0.1, 0.15) is 5.75 Å². The molecule has 1 saturated heterocycles. The summed E-state index contributed by atoms with van der Waals surface area (Å²) in [7, 11) is 0. The fourth-order valence-electron chi connectivity index (χ4n) is 3.83. The highest BCUT2D eigenvalue weighted by Crippen LogP contribution is 2.33. The Morgan fingerprint density at radius 2 is 1.94 bits per heavy atom. The van der Waals surface area contributed by atoms with E-state index < -0.39 is 16.9 Å². The van der Waals surface area contributed by atoms with Gasteiger partial charge in [-0.1, -0.05) is 6.92 Å². The van der Waals surface area contributed by atoms with Crippen LogP contribution in [-0.2, 0) is 4.79 Å². The van der Waals surface area contributed by atoms with Gasteiger partial charge in [0.05, 0.1) is 21.9 Å². The van der Waals surface area contributed by atoms with Crippen LogP contribution in [0.4, 0.5) is 22.7 Å². The number of nitro groups is 1. The lowest BCUT2D eigenvalue weighted by molar-refractivity contribution is -0.384. The van der Waals surface area contributed by atoms with Crippen LogP contribution in [-0.4, -0.2) is 35.9 Å². The molecule has 9 nitrogen and oxygen atoms in total. The van der Waals surface area contributed by atoms with Crippen molar-refractivity contribution >= 4 is 34.6 Å². The Labute approximate surface area is 179 Å². The molecule has 2 aliphatic rings. The number of non-ortho nitro benzene ring substituents is 1. The Kier molecular flexibility index (Phi) is 5.50. The van der Waals surface area contributed by atoms with E-state index in [1.807, 2.05) is 0 Å². The molecule has 0 aromatic heterocycles. The van der Waals surface area contributed by atoms with Gasteiger partial charge in [0, 0.05) is 30.9 Å². The molecule has 1 fully saturated rings. The van der Waals surface area contributed by atoms with Crippen molar-refractivity contribution in [2.24, 2.45) is 5.92 Å². The van der Waals surface area contributed by atoms with E-state index in [2.05, 4.69) is 22.5 Å². The van der Waals surface area contributed by atoms with Gasteiger partial charge in [-0.15, -0.1) is 0 Å². The first kappa shape index (κ1) is 20.6. The van der Waals surface area contributed by atoms with Crippen LogP contribution in [0.15, 0.2) is 36.4 Å². The van der Waals surface area contributed by atoms with Gasteiger partial charge in [0.25, 0.3) is 17.5 Å². The van der Waals surface area contributed by atoms with E-state index in [-0.39, 0.29) is 17.2 Å². The van der Waals surface area contributed by atoms with Crippen LogP contribution in [0.5, 0.6) is 5.75 Å². The molecule has 0 radical (unpaired) electrons. The van der Waals surface area contributed by atoms with Crippen molar-refractivity contribution in [1.29, 1.82) is 0 Å². The van der Waals surface area contributed by atoms with Gasteiger partial charge in [-0.3, -0.25) is 19.7 Å². The first-order valence-electron chi connectivity index (χ1n) is 10.3. The molecule has 0 aliphatic carbocycles. The highest BCUT2D eigenvalue weighted by molar-refractivity contribution is 6.09. The van der Waals surface area contributed by atoms with Gasteiger partial charge in [-0.2, -0.15) is 0 Å². The van der Waals surface area contributed by atoms with Crippen molar-refractivity contribution in [3.63, 3.8) is 0 Å².